The first-order valence-electron chi connectivity index (χ1n) is 28.1. The molecule has 1 unspecified atom stereocenters. The van der Waals surface area contributed by atoms with Gasteiger partial charge in [-0.3, -0.25) is 14.4 Å². The van der Waals surface area contributed by atoms with Crippen LogP contribution in [0.1, 0.15) is 38.1 Å². The van der Waals surface area contributed by atoms with Crippen LogP contribution in [0.4, 0.5) is 22.0 Å². The highest BCUT2D eigenvalue weighted by atomic mass is 19.2. The minimum atomic E-state index is -2.40. The van der Waals surface area contributed by atoms with E-state index in [4.69, 9.17) is 56.8 Å². The summed E-state index contributed by atoms with van der Waals surface area (Å²) in [6.07, 6.45) is -6.22. The first-order chi connectivity index (χ1) is 41.8. The van der Waals surface area contributed by atoms with E-state index in [1.54, 1.807) is 28.7 Å². The maximum atomic E-state index is 13.8. The summed E-state index contributed by atoms with van der Waals surface area (Å²) < 4.78 is 142. The van der Waals surface area contributed by atoms with Gasteiger partial charge in [0.05, 0.1) is 175 Å². The van der Waals surface area contributed by atoms with Gasteiger partial charge >= 0.3 is 5.97 Å². The molecule has 0 bridgehead atoms. The quantitative estimate of drug-likeness (QED) is 0.00719. The lowest BCUT2D eigenvalue weighted by Crippen LogP contribution is -2.64. The van der Waals surface area contributed by atoms with Crippen molar-refractivity contribution in [1.82, 2.24) is 40.6 Å². The Morgan fingerprint density at radius 2 is 0.966 bits per heavy atom. The van der Waals surface area contributed by atoms with Crippen LogP contribution >= 0.6 is 0 Å². The second kappa shape index (κ2) is 39.8. The van der Waals surface area contributed by atoms with Crippen LogP contribution in [0.25, 0.3) is 0 Å². The molecule has 494 valence electrons. The number of nitrogens with zero attached hydrogens (tertiary/aromatic N) is 6. The van der Waals surface area contributed by atoms with Crippen molar-refractivity contribution in [3.63, 3.8) is 0 Å². The number of carbonyl (C=O) groups is 3. The zero-order valence-electron chi connectivity index (χ0n) is 48.2. The van der Waals surface area contributed by atoms with Crippen molar-refractivity contribution in [3.8, 4) is 5.75 Å². The lowest BCUT2D eigenvalue weighted by Gasteiger charge is -2.40. The largest absolute Gasteiger partial charge is 0.420 e. The Labute approximate surface area is 496 Å². The minimum absolute atomic E-state index is 0.0243. The molecule has 0 aliphatic carbocycles. The van der Waals surface area contributed by atoms with Gasteiger partial charge in [0, 0.05) is 44.5 Å². The van der Waals surface area contributed by atoms with Crippen molar-refractivity contribution in [2.45, 2.75) is 114 Å². The number of nitrogens with one attached hydrogen (secondary N) is 2. The Morgan fingerprint density at radius 3 is 1.46 bits per heavy atom. The third-order valence-corrected chi connectivity index (χ3v) is 13.0. The number of aliphatic hydroxyl groups excluding tert-OH is 6. The summed E-state index contributed by atoms with van der Waals surface area (Å²) in [5.74, 6) is -16.1. The number of ether oxygens (including phenoxy) is 13. The number of hydrogen-bond donors (Lipinski definition) is 8. The fourth-order valence-electron chi connectivity index (χ4n) is 8.13. The van der Waals surface area contributed by atoms with Crippen LogP contribution < -0.4 is 15.4 Å². The fraction of sp³-hybridized carbons (Fsp3) is 0.750. The number of hydrogen-bond acceptors (Lipinski definition) is 26. The molecule has 30 nitrogen and oxygen atoms in total. The molecule has 3 aromatic rings. The standard InChI is InChI=1S/C52H79F5N8O22/c1-31-46(69)47(70)36(85-51(31)73)29-81-9-3-33-25-64(62-60-33)7-13-77-17-19-79-21-23-83-27-35(59-38(67)5-11-75-15-16-76-12-6-39(68)87-50-43(56)41(54)40(53)42(55)44(50)57)28-84-24-22-80-20-18-78-14-8-65-26-34(61-63-65)4-10-82-30-37-48(71)49(72)45(52(74)86-37)58-32(2)66/h25-26,31,35-37,45-49,51-52,69-74H,3-24,27-30H2,1-2H3,(H,58,66)(H,59,67)/t31-,35?,36-,37-,45-,46-,47+,48+,49-,51-,52-/m1/s1. The van der Waals surface area contributed by atoms with E-state index >= 15 is 0 Å². The molecular formula is C52H79F5N8O22. The van der Waals surface area contributed by atoms with Crippen molar-refractivity contribution < 1.29 is 129 Å². The predicted molar refractivity (Wildman–Crippen MR) is 281 cm³/mol. The van der Waals surface area contributed by atoms with E-state index < -0.39 is 126 Å². The zero-order chi connectivity index (χ0) is 63.1. The number of esters is 1. The zero-order valence-corrected chi connectivity index (χ0v) is 48.2. The summed E-state index contributed by atoms with van der Waals surface area (Å²) in [7, 11) is 0. The van der Waals surface area contributed by atoms with Gasteiger partial charge in [-0.2, -0.15) is 8.78 Å². The van der Waals surface area contributed by atoms with Crippen molar-refractivity contribution in [2.24, 2.45) is 5.92 Å². The van der Waals surface area contributed by atoms with Crippen molar-refractivity contribution in [2.75, 3.05) is 132 Å². The third kappa shape index (κ3) is 25.7. The van der Waals surface area contributed by atoms with Crippen LogP contribution in [-0.2, 0) is 97.2 Å². The number of halogens is 5. The van der Waals surface area contributed by atoms with Gasteiger partial charge < -0.3 is 103 Å². The number of carbonyl (C=O) groups excluding carboxylic acids is 3. The van der Waals surface area contributed by atoms with E-state index in [0.717, 1.165) is 0 Å². The Kier molecular flexibility index (Phi) is 33.2. The van der Waals surface area contributed by atoms with Gasteiger partial charge in [-0.15, -0.1) is 10.2 Å². The highest BCUT2D eigenvalue weighted by Crippen LogP contribution is 2.30. The Balaban J connectivity index is 0.905. The molecule has 2 saturated heterocycles. The van der Waals surface area contributed by atoms with E-state index in [-0.39, 0.29) is 125 Å². The fourth-order valence-corrected chi connectivity index (χ4v) is 8.13. The highest BCUT2D eigenvalue weighted by Gasteiger charge is 2.45. The Hall–Kier alpha value is -5.16. The molecule has 1 aromatic carbocycles. The van der Waals surface area contributed by atoms with Gasteiger partial charge in [0.1, 0.15) is 36.6 Å². The molecule has 0 radical (unpaired) electrons. The number of benzene rings is 1. The Bertz CT molecular complexity index is 2450. The summed E-state index contributed by atoms with van der Waals surface area (Å²) in [5.41, 5.74) is 1.29. The number of aliphatic hydroxyl groups is 6. The van der Waals surface area contributed by atoms with Crippen molar-refractivity contribution in [1.29, 1.82) is 0 Å². The molecular weight excluding hydrogens is 1180 g/mol. The van der Waals surface area contributed by atoms with E-state index in [2.05, 4.69) is 36.0 Å². The molecule has 5 rings (SSSR count). The lowest BCUT2D eigenvalue weighted by molar-refractivity contribution is -0.268. The maximum absolute atomic E-state index is 13.8. The molecule has 4 heterocycles. The maximum Gasteiger partial charge on any atom is 0.313 e. The normalized spacial score (nSPS) is 22.6. The Morgan fingerprint density at radius 1 is 0.540 bits per heavy atom. The summed E-state index contributed by atoms with van der Waals surface area (Å²) in [6.45, 7) is 6.00. The van der Waals surface area contributed by atoms with Crippen LogP contribution in [-0.4, -0.2) is 272 Å². The van der Waals surface area contributed by atoms with Crippen LogP contribution in [0.2, 0.25) is 0 Å². The first kappa shape index (κ1) is 72.6. The van der Waals surface area contributed by atoms with Gasteiger partial charge in [0.15, 0.2) is 12.6 Å². The number of rotatable bonds is 44. The summed E-state index contributed by atoms with van der Waals surface area (Å²) in [5, 5.41) is 82.5. The molecule has 0 saturated carbocycles. The molecule has 0 spiro atoms. The summed E-state index contributed by atoms with van der Waals surface area (Å²) >= 11 is 0. The van der Waals surface area contributed by atoms with E-state index in [9.17, 15) is 67.0 Å². The van der Waals surface area contributed by atoms with Gasteiger partial charge in [0.25, 0.3) is 0 Å². The molecule has 2 fully saturated rings. The average Bonchev–Trinajstić information content (AvgIpc) is 3.72. The molecule has 35 heteroatoms. The first-order valence-corrected chi connectivity index (χ1v) is 28.1. The summed E-state index contributed by atoms with van der Waals surface area (Å²) in [6, 6.07) is -1.78. The second-order valence-corrected chi connectivity index (χ2v) is 19.7. The van der Waals surface area contributed by atoms with Gasteiger partial charge in [-0.1, -0.05) is 17.4 Å². The van der Waals surface area contributed by atoms with E-state index in [0.29, 0.717) is 50.5 Å². The topological polar surface area (TPSA) is 378 Å². The van der Waals surface area contributed by atoms with Gasteiger partial charge in [0.2, 0.25) is 46.6 Å². The number of aromatic nitrogens is 6. The molecule has 2 amide bonds. The number of amides is 2. The average molecular weight is 1260 g/mol. The van der Waals surface area contributed by atoms with Gasteiger partial charge in [-0.05, 0) is 0 Å². The highest BCUT2D eigenvalue weighted by molar-refractivity contribution is 5.76. The van der Waals surface area contributed by atoms with E-state index in [1.165, 1.54) is 6.92 Å². The second-order valence-electron chi connectivity index (χ2n) is 19.7. The summed E-state index contributed by atoms with van der Waals surface area (Å²) in [4.78, 5) is 36.1. The minimum Gasteiger partial charge on any atom is -0.420 e. The molecule has 2 aliphatic rings. The third-order valence-electron chi connectivity index (χ3n) is 13.0. The molecule has 2 aromatic heterocycles. The SMILES string of the molecule is CC(=O)N[C@@H]1[C@@H](O)[C@@H](O)[C@@H](COCCc2cn(CCOCCOCCOCC(COCCOCCOCCn3cc(CCOC[C@H]4O[C@@H](O)[C@H](C)[C@@H](O)[C@H]4O)nn3)NC(=O)CCOCCOCCC(=O)Oc3c(F)c(F)c(F)c(F)c3F)nn2)O[C@H]1O. The predicted octanol–water partition coefficient (Wildman–Crippen LogP) is -2.59. The molecule has 11 atom stereocenters. The van der Waals surface area contributed by atoms with Crippen LogP contribution in [0, 0.1) is 35.0 Å². The van der Waals surface area contributed by atoms with Crippen LogP contribution in [0.5, 0.6) is 5.75 Å². The monoisotopic (exact) mass is 1260 g/mol. The molecule has 8 N–H and O–H groups in total. The van der Waals surface area contributed by atoms with Crippen LogP contribution in [0.3, 0.4) is 0 Å². The molecule has 2 aliphatic heterocycles. The van der Waals surface area contributed by atoms with Crippen molar-refractivity contribution in [3.05, 3.63) is 52.9 Å². The van der Waals surface area contributed by atoms with E-state index in [1.807, 2.05) is 0 Å². The smallest absolute Gasteiger partial charge is 0.313 e. The van der Waals surface area contributed by atoms with Crippen molar-refractivity contribution >= 4 is 17.8 Å². The van der Waals surface area contributed by atoms with Crippen LogP contribution in [0.15, 0.2) is 12.4 Å². The van der Waals surface area contributed by atoms with Gasteiger partial charge in [-0.25, -0.2) is 22.5 Å². The lowest BCUT2D eigenvalue weighted by atomic mass is 9.93. The molecule has 87 heavy (non-hydrogen) atoms.